The van der Waals surface area contributed by atoms with Gasteiger partial charge in [0.15, 0.2) is 0 Å². The molecular weight excluding hydrogens is 392 g/mol. The number of anilines is 1. The third-order valence-electron chi connectivity index (χ3n) is 5.49. The highest BCUT2D eigenvalue weighted by Gasteiger charge is 2.18. The molecule has 1 aliphatic heterocycles. The second-order valence-corrected chi connectivity index (χ2v) is 7.51. The van der Waals surface area contributed by atoms with E-state index in [2.05, 4.69) is 21.4 Å². The summed E-state index contributed by atoms with van der Waals surface area (Å²) in [7, 11) is 1.65. The fourth-order valence-corrected chi connectivity index (χ4v) is 3.80. The quantitative estimate of drug-likeness (QED) is 0.509. The molecular formula is C24H26N4O3. The van der Waals surface area contributed by atoms with E-state index >= 15 is 0 Å². The van der Waals surface area contributed by atoms with Gasteiger partial charge in [-0.1, -0.05) is 36.4 Å². The summed E-state index contributed by atoms with van der Waals surface area (Å²) in [6.07, 6.45) is 3.23. The molecule has 0 saturated carbocycles. The van der Waals surface area contributed by atoms with E-state index in [9.17, 15) is 4.79 Å². The zero-order chi connectivity index (χ0) is 21.6. The average Bonchev–Trinajstić information content (AvgIpc) is 2.80. The number of hydrogen-bond donors (Lipinski definition) is 3. The number of benzene rings is 2. The van der Waals surface area contributed by atoms with Crippen LogP contribution < -0.4 is 15.6 Å². The number of aromatic amines is 1. The highest BCUT2D eigenvalue weighted by Crippen LogP contribution is 2.27. The van der Waals surface area contributed by atoms with Crippen molar-refractivity contribution in [1.82, 2.24) is 9.97 Å². The van der Waals surface area contributed by atoms with E-state index in [1.54, 1.807) is 7.11 Å². The number of hydrogen-bond acceptors (Lipinski definition) is 6. The van der Waals surface area contributed by atoms with Crippen molar-refractivity contribution in [1.29, 1.82) is 5.41 Å². The molecule has 0 amide bonds. The molecule has 2 heterocycles. The van der Waals surface area contributed by atoms with Gasteiger partial charge in [-0.15, -0.1) is 0 Å². The van der Waals surface area contributed by atoms with Gasteiger partial charge in [0.05, 0.1) is 12.7 Å². The molecule has 0 radical (unpaired) electrons. The fourth-order valence-electron chi connectivity index (χ4n) is 3.80. The molecule has 3 N–H and O–H groups in total. The number of H-pyrrole nitrogens is 1. The van der Waals surface area contributed by atoms with E-state index in [0.717, 1.165) is 41.5 Å². The van der Waals surface area contributed by atoms with Gasteiger partial charge >= 0.3 is 0 Å². The lowest BCUT2D eigenvalue weighted by molar-refractivity contribution is 0.0904. The first kappa shape index (κ1) is 20.8. The molecule has 0 spiro atoms. The van der Waals surface area contributed by atoms with Crippen LogP contribution >= 0.6 is 0 Å². The minimum absolute atomic E-state index is 0.182. The van der Waals surface area contributed by atoms with Crippen LogP contribution in [0.3, 0.4) is 0 Å². The van der Waals surface area contributed by atoms with Crippen molar-refractivity contribution in [2.45, 2.75) is 25.3 Å². The fraction of sp³-hybridized carbons (Fsp3) is 0.292. The largest absolute Gasteiger partial charge is 0.497 e. The third-order valence-corrected chi connectivity index (χ3v) is 5.49. The van der Waals surface area contributed by atoms with Gasteiger partial charge in [-0.3, -0.25) is 4.79 Å². The summed E-state index contributed by atoms with van der Waals surface area (Å²) in [5.41, 5.74) is 3.13. The highest BCUT2D eigenvalue weighted by atomic mass is 16.5. The third kappa shape index (κ3) is 4.83. The van der Waals surface area contributed by atoms with Crippen LogP contribution in [0.25, 0.3) is 11.1 Å². The maximum atomic E-state index is 12.6. The summed E-state index contributed by atoms with van der Waals surface area (Å²) in [6.45, 7) is 1.37. The predicted molar refractivity (Wildman–Crippen MR) is 121 cm³/mol. The maximum Gasteiger partial charge on any atom is 0.261 e. The lowest BCUT2D eigenvalue weighted by Gasteiger charge is -2.24. The monoisotopic (exact) mass is 418 g/mol. The van der Waals surface area contributed by atoms with Gasteiger partial charge in [-0.05, 0) is 41.7 Å². The lowest BCUT2D eigenvalue weighted by atomic mass is 9.97. The van der Waals surface area contributed by atoms with Gasteiger partial charge in [0.25, 0.3) is 5.56 Å². The standard InChI is InChI=1S/C24H26N4O3/c1-30-19-8-6-16(7-9-19)20-5-3-2-4-17(20)14-22-27-23(21(15-25)24(29)28-22)26-18-10-12-31-13-11-18/h2-9,15,18,25H,10-14H2,1H3,(H2,26,27,28,29). The van der Waals surface area contributed by atoms with Crippen LogP contribution in [-0.2, 0) is 11.2 Å². The Hall–Kier alpha value is -3.45. The van der Waals surface area contributed by atoms with Gasteiger partial charge in [-0.25, -0.2) is 4.98 Å². The predicted octanol–water partition coefficient (Wildman–Crippen LogP) is 3.62. The average molecular weight is 418 g/mol. The van der Waals surface area contributed by atoms with Crippen molar-refractivity contribution in [2.24, 2.45) is 0 Å². The Labute approximate surface area is 181 Å². The smallest absolute Gasteiger partial charge is 0.261 e. The normalized spacial score (nSPS) is 14.2. The molecule has 0 bridgehead atoms. The summed E-state index contributed by atoms with van der Waals surface area (Å²) in [4.78, 5) is 20.1. The van der Waals surface area contributed by atoms with Gasteiger partial charge < -0.3 is 25.2 Å². The molecule has 3 aromatic rings. The zero-order valence-electron chi connectivity index (χ0n) is 17.5. The van der Waals surface area contributed by atoms with Crippen molar-refractivity contribution in [3.8, 4) is 16.9 Å². The van der Waals surface area contributed by atoms with E-state index in [1.165, 1.54) is 0 Å². The highest BCUT2D eigenvalue weighted by molar-refractivity contribution is 5.83. The Morgan fingerprint density at radius 1 is 1.19 bits per heavy atom. The Bertz CT molecular complexity index is 1100. The van der Waals surface area contributed by atoms with E-state index in [4.69, 9.17) is 14.9 Å². The molecule has 7 heteroatoms. The van der Waals surface area contributed by atoms with Crippen molar-refractivity contribution in [3.63, 3.8) is 0 Å². The molecule has 2 aromatic carbocycles. The summed E-state index contributed by atoms with van der Waals surface area (Å²) >= 11 is 0. The van der Waals surface area contributed by atoms with E-state index in [0.29, 0.717) is 31.3 Å². The molecule has 0 atom stereocenters. The van der Waals surface area contributed by atoms with Crippen LogP contribution in [0.4, 0.5) is 5.82 Å². The number of nitrogens with zero attached hydrogens (tertiary/aromatic N) is 1. The second kappa shape index (κ2) is 9.57. The lowest BCUT2D eigenvalue weighted by Crippen LogP contribution is -2.30. The van der Waals surface area contributed by atoms with Crippen LogP contribution in [0.15, 0.2) is 53.3 Å². The summed E-state index contributed by atoms with van der Waals surface area (Å²) in [5, 5.41) is 11.0. The molecule has 0 aliphatic carbocycles. The van der Waals surface area contributed by atoms with E-state index < -0.39 is 0 Å². The minimum atomic E-state index is -0.309. The van der Waals surface area contributed by atoms with E-state index in [1.807, 2.05) is 42.5 Å². The molecule has 7 nitrogen and oxygen atoms in total. The van der Waals surface area contributed by atoms with Gasteiger partial charge in [0.1, 0.15) is 17.4 Å². The number of ether oxygens (including phenoxy) is 2. The second-order valence-electron chi connectivity index (χ2n) is 7.51. The maximum absolute atomic E-state index is 12.6. The van der Waals surface area contributed by atoms with Crippen LogP contribution in [0.5, 0.6) is 5.75 Å². The number of nitrogens with one attached hydrogen (secondary N) is 3. The first-order valence-corrected chi connectivity index (χ1v) is 10.4. The Kier molecular flexibility index (Phi) is 6.43. The Balaban J connectivity index is 1.65. The van der Waals surface area contributed by atoms with Crippen LogP contribution in [0, 0.1) is 5.41 Å². The first-order valence-electron chi connectivity index (χ1n) is 10.4. The SMILES string of the molecule is COc1ccc(-c2ccccc2Cc2nc(NC3CCOCC3)c(C=N)c(=O)[nH]2)cc1. The van der Waals surface area contributed by atoms with Gasteiger partial charge in [0, 0.05) is 31.9 Å². The number of rotatable bonds is 7. The molecule has 1 fully saturated rings. The summed E-state index contributed by atoms with van der Waals surface area (Å²) < 4.78 is 10.7. The van der Waals surface area contributed by atoms with Crippen LogP contribution in [-0.4, -0.2) is 42.5 Å². The Morgan fingerprint density at radius 3 is 2.65 bits per heavy atom. The molecule has 4 rings (SSSR count). The minimum Gasteiger partial charge on any atom is -0.497 e. The molecule has 1 aromatic heterocycles. The van der Waals surface area contributed by atoms with Crippen molar-refractivity contribution < 1.29 is 9.47 Å². The molecule has 1 aliphatic rings. The Morgan fingerprint density at radius 2 is 1.94 bits per heavy atom. The van der Waals surface area contributed by atoms with Gasteiger partial charge in [0.2, 0.25) is 0 Å². The molecule has 1 saturated heterocycles. The summed E-state index contributed by atoms with van der Waals surface area (Å²) in [6, 6.07) is 16.2. The van der Waals surface area contributed by atoms with Crippen molar-refractivity contribution in [3.05, 3.63) is 75.8 Å². The van der Waals surface area contributed by atoms with Crippen molar-refractivity contribution in [2.75, 3.05) is 25.6 Å². The van der Waals surface area contributed by atoms with Crippen LogP contribution in [0.2, 0.25) is 0 Å². The number of aromatic nitrogens is 2. The first-order chi connectivity index (χ1) is 15.2. The topological polar surface area (TPSA) is 100 Å². The number of methoxy groups -OCH3 is 1. The molecule has 31 heavy (non-hydrogen) atoms. The zero-order valence-corrected chi connectivity index (χ0v) is 17.5. The van der Waals surface area contributed by atoms with Gasteiger partial charge in [-0.2, -0.15) is 0 Å². The van der Waals surface area contributed by atoms with E-state index in [-0.39, 0.29) is 17.2 Å². The van der Waals surface area contributed by atoms with Crippen LogP contribution in [0.1, 0.15) is 29.8 Å². The summed E-state index contributed by atoms with van der Waals surface area (Å²) in [5.74, 6) is 1.83. The molecule has 0 unspecified atom stereocenters. The van der Waals surface area contributed by atoms with Crippen molar-refractivity contribution >= 4 is 12.0 Å². The molecule has 160 valence electrons.